The SMILES string of the molecule is COC(=O)C[C@H](C(=O)N1C[C@@H](C)C[C@H]1C1=NC=C(C#Cc2ccc(C#Cc3cnc([C@@H]4C[C@H](C)CN4)[nH]3)cc2)C1)C(C)C. The van der Waals surface area contributed by atoms with Gasteiger partial charge in [0.2, 0.25) is 5.91 Å². The summed E-state index contributed by atoms with van der Waals surface area (Å²) in [5.74, 6) is 14.1. The fourth-order valence-electron chi connectivity index (χ4n) is 6.04. The van der Waals surface area contributed by atoms with Crippen molar-refractivity contribution in [1.82, 2.24) is 20.2 Å². The molecule has 1 aromatic heterocycles. The van der Waals surface area contributed by atoms with Gasteiger partial charge in [0.15, 0.2) is 0 Å². The van der Waals surface area contributed by atoms with E-state index in [1.807, 2.05) is 49.2 Å². The average molecular weight is 580 g/mol. The Kier molecular flexibility index (Phi) is 9.48. The lowest BCUT2D eigenvalue weighted by Crippen LogP contribution is -2.45. The number of ether oxygens (including phenoxy) is 1. The Balaban J connectivity index is 1.17. The molecule has 43 heavy (non-hydrogen) atoms. The van der Waals surface area contributed by atoms with Crippen molar-refractivity contribution in [3.8, 4) is 23.7 Å². The Labute approximate surface area is 254 Å². The predicted molar refractivity (Wildman–Crippen MR) is 167 cm³/mol. The first kappa shape index (κ1) is 30.3. The number of nitrogens with zero attached hydrogens (tertiary/aromatic N) is 3. The highest BCUT2D eigenvalue weighted by Crippen LogP contribution is 2.32. The monoisotopic (exact) mass is 579 g/mol. The van der Waals surface area contributed by atoms with Crippen molar-refractivity contribution in [3.63, 3.8) is 0 Å². The third-order valence-electron chi connectivity index (χ3n) is 8.54. The molecule has 0 spiro atoms. The molecular weight excluding hydrogens is 538 g/mol. The summed E-state index contributed by atoms with van der Waals surface area (Å²) >= 11 is 0. The number of H-pyrrole nitrogens is 1. The molecule has 5 rings (SSSR count). The van der Waals surface area contributed by atoms with Crippen LogP contribution in [0.2, 0.25) is 0 Å². The molecule has 4 heterocycles. The number of aliphatic imine (C=N–C) groups is 1. The number of amides is 1. The third-order valence-corrected chi connectivity index (χ3v) is 8.54. The quantitative estimate of drug-likeness (QED) is 0.384. The minimum absolute atomic E-state index is 0.00796. The van der Waals surface area contributed by atoms with Crippen molar-refractivity contribution in [2.24, 2.45) is 28.7 Å². The number of nitrogens with one attached hydrogen (secondary N) is 2. The summed E-state index contributed by atoms with van der Waals surface area (Å²) in [4.78, 5) is 40.0. The Morgan fingerprint density at radius 3 is 2.42 bits per heavy atom. The summed E-state index contributed by atoms with van der Waals surface area (Å²) in [7, 11) is 1.36. The van der Waals surface area contributed by atoms with Crippen LogP contribution in [0.3, 0.4) is 0 Å². The molecule has 0 saturated carbocycles. The summed E-state index contributed by atoms with van der Waals surface area (Å²) in [6, 6.07) is 8.10. The van der Waals surface area contributed by atoms with E-state index >= 15 is 0 Å². The molecule has 0 aliphatic carbocycles. The standard InChI is InChI=1S/C35H41N5O3/c1-22(2)29(17-33(41)43-5)35(42)40-21-24(4)15-32(40)30-16-27(19-37-30)11-10-25-6-8-26(9-7-25)12-13-28-20-38-34(39-28)31-14-23(3)18-36-31/h6-9,19-20,22-24,29,31-32,36H,14-18,21H2,1-5H3,(H,38,39)/t23-,24-,29-,31-,32-/m0/s1. The van der Waals surface area contributed by atoms with Gasteiger partial charge in [-0.2, -0.15) is 0 Å². The molecule has 1 aromatic carbocycles. The van der Waals surface area contributed by atoms with Crippen LogP contribution in [-0.4, -0.2) is 58.7 Å². The lowest BCUT2D eigenvalue weighted by molar-refractivity contribution is -0.148. The highest BCUT2D eigenvalue weighted by molar-refractivity contribution is 5.98. The first-order valence-electron chi connectivity index (χ1n) is 15.3. The zero-order valence-corrected chi connectivity index (χ0v) is 25.7. The molecule has 0 bridgehead atoms. The lowest BCUT2D eigenvalue weighted by Gasteiger charge is -2.30. The number of imidazole rings is 1. The molecule has 2 fully saturated rings. The van der Waals surface area contributed by atoms with Crippen LogP contribution in [0.1, 0.15) is 82.1 Å². The maximum Gasteiger partial charge on any atom is 0.306 e. The first-order valence-corrected chi connectivity index (χ1v) is 15.3. The molecule has 224 valence electrons. The molecule has 2 saturated heterocycles. The number of hydrogen-bond acceptors (Lipinski definition) is 6. The van der Waals surface area contributed by atoms with Crippen LogP contribution in [-0.2, 0) is 14.3 Å². The van der Waals surface area contributed by atoms with E-state index in [-0.39, 0.29) is 36.3 Å². The van der Waals surface area contributed by atoms with Gasteiger partial charge in [-0.1, -0.05) is 45.5 Å². The van der Waals surface area contributed by atoms with Crippen molar-refractivity contribution in [3.05, 3.63) is 64.9 Å². The smallest absolute Gasteiger partial charge is 0.306 e. The number of carbonyl (C=O) groups excluding carboxylic acids is 2. The zero-order valence-electron chi connectivity index (χ0n) is 25.7. The summed E-state index contributed by atoms with van der Waals surface area (Å²) in [6.45, 7) is 10.0. The number of hydrogen-bond donors (Lipinski definition) is 2. The summed E-state index contributed by atoms with van der Waals surface area (Å²) in [5, 5.41) is 3.49. The summed E-state index contributed by atoms with van der Waals surface area (Å²) < 4.78 is 4.86. The van der Waals surface area contributed by atoms with Crippen LogP contribution in [0, 0.1) is 47.4 Å². The Morgan fingerprint density at radius 1 is 1.05 bits per heavy atom. The second-order valence-electron chi connectivity index (χ2n) is 12.5. The van der Waals surface area contributed by atoms with E-state index in [4.69, 9.17) is 9.73 Å². The second kappa shape index (κ2) is 13.4. The third kappa shape index (κ3) is 7.45. The zero-order chi connectivity index (χ0) is 30.5. The number of likely N-dealkylation sites (tertiary alicyclic amines) is 1. The number of methoxy groups -OCH3 is 1. The minimum atomic E-state index is -0.405. The van der Waals surface area contributed by atoms with Crippen LogP contribution < -0.4 is 5.32 Å². The van der Waals surface area contributed by atoms with Gasteiger partial charge < -0.3 is 19.9 Å². The first-order chi connectivity index (χ1) is 20.7. The molecular formula is C35H41N5O3. The van der Waals surface area contributed by atoms with Gasteiger partial charge in [0.05, 0.1) is 37.7 Å². The molecule has 8 heteroatoms. The molecule has 1 amide bonds. The second-order valence-corrected chi connectivity index (χ2v) is 12.5. The lowest BCUT2D eigenvalue weighted by atomic mass is 9.90. The van der Waals surface area contributed by atoms with Crippen molar-refractivity contribution < 1.29 is 14.3 Å². The average Bonchev–Trinajstić information content (AvgIpc) is 3.81. The van der Waals surface area contributed by atoms with Gasteiger partial charge in [0.1, 0.15) is 11.5 Å². The number of carbonyl (C=O) groups is 2. The van der Waals surface area contributed by atoms with E-state index in [0.29, 0.717) is 24.8 Å². The van der Waals surface area contributed by atoms with Gasteiger partial charge in [0, 0.05) is 41.6 Å². The normalized spacial score (nSPS) is 23.6. The van der Waals surface area contributed by atoms with Crippen molar-refractivity contribution >= 4 is 17.6 Å². The number of benzene rings is 1. The largest absolute Gasteiger partial charge is 0.469 e. The van der Waals surface area contributed by atoms with Crippen molar-refractivity contribution in [2.75, 3.05) is 20.2 Å². The van der Waals surface area contributed by atoms with Gasteiger partial charge in [-0.25, -0.2) is 4.98 Å². The Bertz CT molecular complexity index is 1530. The molecule has 2 aromatic rings. The topological polar surface area (TPSA) is 99.7 Å². The fourth-order valence-corrected chi connectivity index (χ4v) is 6.04. The molecule has 8 nitrogen and oxygen atoms in total. The van der Waals surface area contributed by atoms with Crippen LogP contribution in [0.4, 0.5) is 0 Å². The molecule has 2 N–H and O–H groups in total. The van der Waals surface area contributed by atoms with Gasteiger partial charge in [0.25, 0.3) is 0 Å². The molecule has 0 radical (unpaired) electrons. The summed E-state index contributed by atoms with van der Waals surface area (Å²) in [6.07, 6.45) is 6.29. The number of rotatable bonds is 6. The van der Waals surface area contributed by atoms with Gasteiger partial charge in [-0.15, -0.1) is 0 Å². The van der Waals surface area contributed by atoms with Crippen molar-refractivity contribution in [1.29, 1.82) is 0 Å². The maximum atomic E-state index is 13.6. The van der Waals surface area contributed by atoms with Crippen LogP contribution in [0.25, 0.3) is 0 Å². The molecule has 3 aliphatic rings. The van der Waals surface area contributed by atoms with Gasteiger partial charge in [-0.05, 0) is 67.3 Å². The number of esters is 1. The van der Waals surface area contributed by atoms with Gasteiger partial charge >= 0.3 is 5.97 Å². The fraction of sp³-hybridized carbons (Fsp3) is 0.486. The van der Waals surface area contributed by atoms with E-state index in [2.05, 4.69) is 52.8 Å². The van der Waals surface area contributed by atoms with E-state index in [0.717, 1.165) is 53.3 Å². The van der Waals surface area contributed by atoms with Crippen molar-refractivity contribution in [2.45, 2.75) is 65.5 Å². The molecule has 0 unspecified atom stereocenters. The van der Waals surface area contributed by atoms with Crippen LogP contribution >= 0.6 is 0 Å². The van der Waals surface area contributed by atoms with E-state index in [1.165, 1.54) is 7.11 Å². The van der Waals surface area contributed by atoms with Crippen LogP contribution in [0.5, 0.6) is 0 Å². The maximum absolute atomic E-state index is 13.6. The van der Waals surface area contributed by atoms with Crippen LogP contribution in [0.15, 0.2) is 47.2 Å². The predicted octanol–water partition coefficient (Wildman–Crippen LogP) is 4.63. The Hall–Kier alpha value is -4.14. The molecule has 5 atom stereocenters. The summed E-state index contributed by atoms with van der Waals surface area (Å²) in [5.41, 5.74) is 4.52. The minimum Gasteiger partial charge on any atom is -0.469 e. The van der Waals surface area contributed by atoms with Gasteiger partial charge in [-0.3, -0.25) is 14.6 Å². The highest BCUT2D eigenvalue weighted by atomic mass is 16.5. The van der Waals surface area contributed by atoms with E-state index < -0.39 is 5.92 Å². The Morgan fingerprint density at radius 2 is 1.77 bits per heavy atom. The highest BCUT2D eigenvalue weighted by Gasteiger charge is 2.40. The number of allylic oxidation sites excluding steroid dienone is 1. The van der Waals surface area contributed by atoms with E-state index in [9.17, 15) is 9.59 Å². The number of aromatic nitrogens is 2. The number of aromatic amines is 1. The van der Waals surface area contributed by atoms with E-state index in [1.54, 1.807) is 6.20 Å². The molecule has 3 aliphatic heterocycles.